The van der Waals surface area contributed by atoms with Crippen molar-refractivity contribution in [2.75, 3.05) is 20.1 Å². The maximum atomic E-state index is 12.8. The van der Waals surface area contributed by atoms with Gasteiger partial charge >= 0.3 is 0 Å². The first-order valence-corrected chi connectivity index (χ1v) is 9.09. The molecule has 0 spiro atoms. The van der Waals surface area contributed by atoms with Crippen LogP contribution in [0.2, 0.25) is 0 Å². The number of phenolic OH excluding ortho intramolecular Hbond substituents is 1. The lowest BCUT2D eigenvalue weighted by molar-refractivity contribution is 0.255. The average molecular weight is 349 g/mol. The van der Waals surface area contributed by atoms with Gasteiger partial charge in [0.25, 0.3) is 0 Å². The minimum atomic E-state index is -0.197. The second-order valence-corrected chi connectivity index (χ2v) is 7.25. The van der Waals surface area contributed by atoms with E-state index in [4.69, 9.17) is 4.42 Å². The van der Waals surface area contributed by atoms with Gasteiger partial charge in [-0.05, 0) is 63.0 Å². The van der Waals surface area contributed by atoms with E-state index >= 15 is 0 Å². The summed E-state index contributed by atoms with van der Waals surface area (Å²) in [6.07, 6.45) is 2.04. The molecule has 0 unspecified atom stereocenters. The molecule has 1 N–H and O–H groups in total. The average Bonchev–Trinajstić information content (AvgIpc) is 2.63. The molecule has 1 aliphatic rings. The Morgan fingerprint density at radius 2 is 1.85 bits per heavy atom. The third-order valence-corrected chi connectivity index (χ3v) is 5.46. The van der Waals surface area contributed by atoms with Crippen LogP contribution in [-0.2, 0) is 0 Å². The lowest BCUT2D eigenvalue weighted by Gasteiger charge is -2.29. The van der Waals surface area contributed by atoms with Gasteiger partial charge in [0.2, 0.25) is 0 Å². The van der Waals surface area contributed by atoms with Gasteiger partial charge in [-0.15, -0.1) is 0 Å². The number of hydrogen-bond donors (Lipinski definition) is 1. The molecule has 1 aromatic heterocycles. The number of aryl methyl sites for hydroxylation is 1. The Labute approximate surface area is 152 Å². The summed E-state index contributed by atoms with van der Waals surface area (Å²) < 4.78 is 6.23. The highest BCUT2D eigenvalue weighted by molar-refractivity contribution is 5.87. The fourth-order valence-corrected chi connectivity index (χ4v) is 3.89. The van der Waals surface area contributed by atoms with Crippen LogP contribution in [0.15, 0.2) is 51.7 Å². The zero-order chi connectivity index (χ0) is 18.3. The summed E-state index contributed by atoms with van der Waals surface area (Å²) in [7, 11) is 2.13. The highest BCUT2D eigenvalue weighted by atomic mass is 16.3. The van der Waals surface area contributed by atoms with Gasteiger partial charge in [-0.3, -0.25) is 4.79 Å². The second kappa shape index (κ2) is 6.61. The number of benzene rings is 2. The summed E-state index contributed by atoms with van der Waals surface area (Å²) in [5.74, 6) is 0.881. The van der Waals surface area contributed by atoms with Crippen LogP contribution in [-0.4, -0.2) is 30.1 Å². The number of phenols is 1. The molecule has 0 aliphatic carbocycles. The Balaban J connectivity index is 1.92. The normalized spacial score (nSPS) is 16.2. The molecule has 1 aliphatic heterocycles. The third-order valence-electron chi connectivity index (χ3n) is 5.46. The van der Waals surface area contributed by atoms with E-state index in [2.05, 4.69) is 11.9 Å². The van der Waals surface area contributed by atoms with Gasteiger partial charge < -0.3 is 14.4 Å². The van der Waals surface area contributed by atoms with Crippen molar-refractivity contribution in [1.82, 2.24) is 4.90 Å². The zero-order valence-corrected chi connectivity index (χ0v) is 15.2. The first-order valence-electron chi connectivity index (χ1n) is 9.09. The molecule has 26 heavy (non-hydrogen) atoms. The van der Waals surface area contributed by atoms with Crippen molar-refractivity contribution < 1.29 is 9.52 Å². The van der Waals surface area contributed by atoms with E-state index in [1.807, 2.05) is 37.3 Å². The molecule has 0 radical (unpaired) electrons. The van der Waals surface area contributed by atoms with Gasteiger partial charge in [0, 0.05) is 11.6 Å². The van der Waals surface area contributed by atoms with Crippen LogP contribution in [0.1, 0.15) is 29.9 Å². The molecule has 4 heteroatoms. The number of aromatic hydroxyl groups is 1. The molecule has 2 heterocycles. The third kappa shape index (κ3) is 2.90. The Morgan fingerprint density at radius 3 is 2.58 bits per heavy atom. The number of rotatable bonds is 2. The second-order valence-electron chi connectivity index (χ2n) is 7.25. The zero-order valence-electron chi connectivity index (χ0n) is 15.2. The number of nitrogens with zero attached hydrogens (tertiary/aromatic N) is 1. The first kappa shape index (κ1) is 16.9. The van der Waals surface area contributed by atoms with Crippen molar-refractivity contribution >= 4 is 11.0 Å². The van der Waals surface area contributed by atoms with Gasteiger partial charge in [-0.1, -0.05) is 30.3 Å². The SMILES string of the molecule is Cc1ccccc1-c1cc(=O)c2c(O)ccc(C3CCN(C)CC3)c2o1. The van der Waals surface area contributed by atoms with Crippen molar-refractivity contribution in [3.05, 3.63) is 63.8 Å². The van der Waals surface area contributed by atoms with Gasteiger partial charge in [-0.2, -0.15) is 0 Å². The number of piperidine rings is 1. The van der Waals surface area contributed by atoms with Crippen molar-refractivity contribution in [2.45, 2.75) is 25.7 Å². The van der Waals surface area contributed by atoms with Crippen LogP contribution < -0.4 is 5.43 Å². The van der Waals surface area contributed by atoms with Crippen LogP contribution in [0.25, 0.3) is 22.3 Å². The van der Waals surface area contributed by atoms with E-state index in [0.29, 0.717) is 22.6 Å². The summed E-state index contributed by atoms with van der Waals surface area (Å²) in [6.45, 7) is 4.05. The van der Waals surface area contributed by atoms with E-state index in [9.17, 15) is 9.90 Å². The molecule has 2 aromatic carbocycles. The Hall–Kier alpha value is -2.59. The van der Waals surface area contributed by atoms with E-state index in [1.54, 1.807) is 6.07 Å². The lowest BCUT2D eigenvalue weighted by atomic mass is 9.88. The summed E-state index contributed by atoms with van der Waals surface area (Å²) in [5, 5.41) is 10.6. The van der Waals surface area contributed by atoms with Gasteiger partial charge in [-0.25, -0.2) is 0 Å². The van der Waals surface area contributed by atoms with Crippen molar-refractivity contribution in [1.29, 1.82) is 0 Å². The molecular formula is C22H23NO3. The molecule has 4 nitrogen and oxygen atoms in total. The minimum absolute atomic E-state index is 0.0123. The van der Waals surface area contributed by atoms with E-state index in [0.717, 1.165) is 42.6 Å². The summed E-state index contributed by atoms with van der Waals surface area (Å²) >= 11 is 0. The van der Waals surface area contributed by atoms with E-state index in [1.165, 1.54) is 6.07 Å². The van der Waals surface area contributed by atoms with Crippen LogP contribution in [0, 0.1) is 6.92 Å². The molecule has 4 rings (SSSR count). The van der Waals surface area contributed by atoms with E-state index < -0.39 is 0 Å². The summed E-state index contributed by atoms with van der Waals surface area (Å²) in [6, 6.07) is 12.9. The highest BCUT2D eigenvalue weighted by Crippen LogP contribution is 2.37. The number of fused-ring (bicyclic) bond motifs is 1. The van der Waals surface area contributed by atoms with E-state index in [-0.39, 0.29) is 11.2 Å². The lowest BCUT2D eigenvalue weighted by Crippen LogP contribution is -2.29. The van der Waals surface area contributed by atoms with Crippen molar-refractivity contribution in [3.8, 4) is 17.1 Å². The molecule has 1 saturated heterocycles. The molecule has 0 saturated carbocycles. The maximum Gasteiger partial charge on any atom is 0.197 e. The monoisotopic (exact) mass is 349 g/mol. The Kier molecular flexibility index (Phi) is 4.29. The highest BCUT2D eigenvalue weighted by Gasteiger charge is 2.23. The molecule has 0 atom stereocenters. The largest absolute Gasteiger partial charge is 0.507 e. The minimum Gasteiger partial charge on any atom is -0.507 e. The number of hydrogen-bond acceptors (Lipinski definition) is 4. The van der Waals surface area contributed by atoms with Crippen LogP contribution in [0.4, 0.5) is 0 Å². The smallest absolute Gasteiger partial charge is 0.197 e. The van der Waals surface area contributed by atoms with Crippen LogP contribution in [0.3, 0.4) is 0 Å². The quantitative estimate of drug-likeness (QED) is 0.750. The standard InChI is InChI=1S/C22H23NO3/c1-14-5-3-4-6-16(14)20-13-19(25)21-18(24)8-7-17(22(21)26-20)15-9-11-23(2)12-10-15/h3-8,13,15,24H,9-12H2,1-2H3. The molecule has 0 bridgehead atoms. The molecule has 1 fully saturated rings. The maximum absolute atomic E-state index is 12.8. The fraction of sp³-hybridized carbons (Fsp3) is 0.318. The van der Waals surface area contributed by atoms with Gasteiger partial charge in [0.15, 0.2) is 5.43 Å². The fourth-order valence-electron chi connectivity index (χ4n) is 3.89. The molecule has 134 valence electrons. The molecular weight excluding hydrogens is 326 g/mol. The molecule has 0 amide bonds. The van der Waals surface area contributed by atoms with Crippen LogP contribution in [0.5, 0.6) is 5.75 Å². The predicted molar refractivity (Wildman–Crippen MR) is 104 cm³/mol. The van der Waals surface area contributed by atoms with Gasteiger partial charge in [0.05, 0.1) is 0 Å². The van der Waals surface area contributed by atoms with Crippen molar-refractivity contribution in [3.63, 3.8) is 0 Å². The summed E-state index contributed by atoms with van der Waals surface area (Å²) in [4.78, 5) is 15.1. The Bertz CT molecular complexity index is 1010. The van der Waals surface area contributed by atoms with Gasteiger partial charge in [0.1, 0.15) is 22.5 Å². The topological polar surface area (TPSA) is 53.7 Å². The van der Waals surface area contributed by atoms with Crippen LogP contribution >= 0.6 is 0 Å². The van der Waals surface area contributed by atoms with Crippen molar-refractivity contribution in [2.24, 2.45) is 0 Å². The Morgan fingerprint density at radius 1 is 1.12 bits per heavy atom. The number of likely N-dealkylation sites (tertiary alicyclic amines) is 1. The molecule has 3 aromatic rings. The predicted octanol–water partition coefficient (Wildman–Crippen LogP) is 4.28. The summed E-state index contributed by atoms with van der Waals surface area (Å²) in [5.41, 5.74) is 3.32. The first-order chi connectivity index (χ1) is 12.5.